The van der Waals surface area contributed by atoms with Crippen molar-refractivity contribution < 1.29 is 9.90 Å². The molecule has 3 N–H and O–H groups in total. The largest absolute Gasteiger partial charge is 0.504 e. The fraction of sp³-hybridized carbons (Fsp3) is 0.417. The fourth-order valence-electron chi connectivity index (χ4n) is 1.94. The number of phenolic OH excluding ortho intramolecular Hbond substituents is 1. The average molecular weight is 291 g/mol. The summed E-state index contributed by atoms with van der Waals surface area (Å²) in [5.74, 6) is -0.116. The predicted molar refractivity (Wildman–Crippen MR) is 74.6 cm³/mol. The summed E-state index contributed by atoms with van der Waals surface area (Å²) in [4.78, 5) is 11.9. The van der Waals surface area contributed by atoms with Gasteiger partial charge in [0, 0.05) is 5.92 Å². The van der Waals surface area contributed by atoms with Crippen LogP contribution in [0.5, 0.6) is 5.75 Å². The third-order valence-corrected chi connectivity index (χ3v) is 3.26. The van der Waals surface area contributed by atoms with E-state index >= 15 is 0 Å². The molecule has 1 amide bonds. The van der Waals surface area contributed by atoms with Gasteiger partial charge in [0.1, 0.15) is 0 Å². The number of carbonyl (C=O) groups is 1. The Kier molecular flexibility index (Phi) is 5.72. The van der Waals surface area contributed by atoms with Gasteiger partial charge in [-0.3, -0.25) is 4.79 Å². The van der Waals surface area contributed by atoms with Crippen LogP contribution in [-0.2, 0) is 4.79 Å². The van der Waals surface area contributed by atoms with Gasteiger partial charge in [-0.25, -0.2) is 0 Å². The van der Waals surface area contributed by atoms with Crippen molar-refractivity contribution in [1.82, 2.24) is 5.32 Å². The van der Waals surface area contributed by atoms with E-state index in [9.17, 15) is 9.90 Å². The van der Waals surface area contributed by atoms with Crippen LogP contribution in [0.3, 0.4) is 0 Å². The molecule has 2 rings (SSSR count). The number of carbonyl (C=O) groups excluding carboxylic acids is 1. The number of amides is 1. The zero-order valence-electron chi connectivity index (χ0n) is 9.78. The molecule has 1 aromatic carbocycles. The van der Waals surface area contributed by atoms with E-state index in [-0.39, 0.29) is 35.0 Å². The number of hydrogen-bond acceptors (Lipinski definition) is 3. The van der Waals surface area contributed by atoms with E-state index in [0.717, 1.165) is 25.9 Å². The van der Waals surface area contributed by atoms with Gasteiger partial charge < -0.3 is 15.7 Å². The van der Waals surface area contributed by atoms with Gasteiger partial charge >= 0.3 is 0 Å². The Morgan fingerprint density at radius 3 is 2.72 bits per heavy atom. The van der Waals surface area contributed by atoms with E-state index in [2.05, 4.69) is 10.6 Å². The van der Waals surface area contributed by atoms with Crippen LogP contribution in [0.4, 0.5) is 5.69 Å². The van der Waals surface area contributed by atoms with Crippen LogP contribution in [0.25, 0.3) is 0 Å². The summed E-state index contributed by atoms with van der Waals surface area (Å²) in [5, 5.41) is 15.9. The Hall–Kier alpha value is -0.970. The van der Waals surface area contributed by atoms with E-state index in [0.29, 0.717) is 5.69 Å². The molecule has 1 aromatic rings. The van der Waals surface area contributed by atoms with Crippen molar-refractivity contribution in [2.45, 2.75) is 12.8 Å². The monoisotopic (exact) mass is 290 g/mol. The highest BCUT2D eigenvalue weighted by atomic mass is 35.5. The molecule has 0 unspecified atom stereocenters. The van der Waals surface area contributed by atoms with Crippen LogP contribution in [-0.4, -0.2) is 24.1 Å². The van der Waals surface area contributed by atoms with E-state index in [1.165, 1.54) is 0 Å². The average Bonchev–Trinajstić information content (AvgIpc) is 2.36. The molecule has 1 fully saturated rings. The molecule has 1 saturated heterocycles. The smallest absolute Gasteiger partial charge is 0.227 e. The molecule has 6 heteroatoms. The van der Waals surface area contributed by atoms with Gasteiger partial charge in [-0.05, 0) is 38.1 Å². The second kappa shape index (κ2) is 6.83. The van der Waals surface area contributed by atoms with Crippen molar-refractivity contribution in [3.05, 3.63) is 23.2 Å². The van der Waals surface area contributed by atoms with Gasteiger partial charge in [0.25, 0.3) is 0 Å². The third-order valence-electron chi connectivity index (χ3n) is 2.95. The Labute approximate surface area is 117 Å². The Balaban J connectivity index is 0.00000162. The summed E-state index contributed by atoms with van der Waals surface area (Å²) in [6.07, 6.45) is 1.65. The zero-order chi connectivity index (χ0) is 12.3. The molecule has 0 atom stereocenters. The van der Waals surface area contributed by atoms with Crippen LogP contribution in [0.2, 0.25) is 5.02 Å². The lowest BCUT2D eigenvalue weighted by molar-refractivity contribution is -0.120. The number of halogens is 2. The van der Waals surface area contributed by atoms with Crippen LogP contribution in [0, 0.1) is 5.92 Å². The molecule has 4 nitrogen and oxygen atoms in total. The lowest BCUT2D eigenvalue weighted by Gasteiger charge is -2.22. The number of para-hydroxylation sites is 1. The lowest BCUT2D eigenvalue weighted by Crippen LogP contribution is -2.34. The van der Waals surface area contributed by atoms with Gasteiger partial charge in [-0.1, -0.05) is 17.7 Å². The van der Waals surface area contributed by atoms with Crippen LogP contribution in [0.15, 0.2) is 18.2 Å². The zero-order valence-corrected chi connectivity index (χ0v) is 11.4. The van der Waals surface area contributed by atoms with Gasteiger partial charge in [0.15, 0.2) is 5.75 Å². The molecule has 0 bridgehead atoms. The molecule has 0 radical (unpaired) electrons. The first-order valence-electron chi connectivity index (χ1n) is 5.67. The minimum absolute atomic E-state index is 0. The van der Waals surface area contributed by atoms with E-state index < -0.39 is 0 Å². The fourth-order valence-corrected chi connectivity index (χ4v) is 2.11. The Bertz CT molecular complexity index is 421. The molecule has 0 saturated carbocycles. The Morgan fingerprint density at radius 1 is 1.39 bits per heavy atom. The molecular formula is C12H16Cl2N2O2. The van der Waals surface area contributed by atoms with Crippen molar-refractivity contribution in [3.8, 4) is 5.75 Å². The van der Waals surface area contributed by atoms with Gasteiger partial charge in [0.2, 0.25) is 5.91 Å². The number of aromatic hydroxyl groups is 1. The molecule has 1 aliphatic heterocycles. The SMILES string of the molecule is Cl.O=C(Nc1cccc(Cl)c1O)C1CCNCC1. The maximum Gasteiger partial charge on any atom is 0.227 e. The summed E-state index contributed by atoms with van der Waals surface area (Å²) in [7, 11) is 0. The number of nitrogens with one attached hydrogen (secondary N) is 2. The molecule has 0 aromatic heterocycles. The number of piperidine rings is 1. The summed E-state index contributed by atoms with van der Waals surface area (Å²) in [6.45, 7) is 1.72. The first-order chi connectivity index (χ1) is 8.18. The van der Waals surface area contributed by atoms with Gasteiger partial charge in [-0.2, -0.15) is 0 Å². The third kappa shape index (κ3) is 3.51. The first-order valence-corrected chi connectivity index (χ1v) is 6.05. The molecule has 100 valence electrons. The summed E-state index contributed by atoms with van der Waals surface area (Å²) in [5.41, 5.74) is 0.376. The van der Waals surface area contributed by atoms with Crippen molar-refractivity contribution in [2.75, 3.05) is 18.4 Å². The molecular weight excluding hydrogens is 275 g/mol. The van der Waals surface area contributed by atoms with Crippen molar-refractivity contribution >= 4 is 35.6 Å². The summed E-state index contributed by atoms with van der Waals surface area (Å²) < 4.78 is 0. The topological polar surface area (TPSA) is 61.4 Å². The Morgan fingerprint density at radius 2 is 2.06 bits per heavy atom. The second-order valence-electron chi connectivity index (χ2n) is 4.15. The maximum atomic E-state index is 11.9. The quantitative estimate of drug-likeness (QED) is 0.733. The number of phenols is 1. The highest BCUT2D eigenvalue weighted by Crippen LogP contribution is 2.31. The molecule has 1 heterocycles. The van der Waals surface area contributed by atoms with Crippen molar-refractivity contribution in [1.29, 1.82) is 0 Å². The van der Waals surface area contributed by atoms with Gasteiger partial charge in [0.05, 0.1) is 10.7 Å². The van der Waals surface area contributed by atoms with Crippen LogP contribution in [0.1, 0.15) is 12.8 Å². The van der Waals surface area contributed by atoms with Crippen molar-refractivity contribution in [3.63, 3.8) is 0 Å². The second-order valence-corrected chi connectivity index (χ2v) is 4.56. The number of hydrogen-bond donors (Lipinski definition) is 3. The van der Waals surface area contributed by atoms with E-state index in [1.54, 1.807) is 18.2 Å². The van der Waals surface area contributed by atoms with E-state index in [1.807, 2.05) is 0 Å². The summed E-state index contributed by atoms with van der Waals surface area (Å²) >= 11 is 5.77. The van der Waals surface area contributed by atoms with Crippen LogP contribution >= 0.6 is 24.0 Å². The van der Waals surface area contributed by atoms with Crippen LogP contribution < -0.4 is 10.6 Å². The maximum absolute atomic E-state index is 11.9. The predicted octanol–water partition coefficient (Wildman–Crippen LogP) is 2.41. The minimum atomic E-state index is -0.0727. The highest BCUT2D eigenvalue weighted by Gasteiger charge is 2.21. The van der Waals surface area contributed by atoms with Gasteiger partial charge in [-0.15, -0.1) is 12.4 Å². The minimum Gasteiger partial charge on any atom is -0.504 e. The number of anilines is 1. The molecule has 0 aliphatic carbocycles. The summed E-state index contributed by atoms with van der Waals surface area (Å²) in [6, 6.07) is 4.91. The molecule has 1 aliphatic rings. The normalized spacial score (nSPS) is 15.8. The number of rotatable bonds is 2. The highest BCUT2D eigenvalue weighted by molar-refractivity contribution is 6.32. The molecule has 0 spiro atoms. The van der Waals surface area contributed by atoms with E-state index in [4.69, 9.17) is 11.6 Å². The molecule has 18 heavy (non-hydrogen) atoms. The lowest BCUT2D eigenvalue weighted by atomic mass is 9.97. The van der Waals surface area contributed by atoms with Crippen molar-refractivity contribution in [2.24, 2.45) is 5.92 Å². The number of benzene rings is 1. The standard InChI is InChI=1S/C12H15ClN2O2.ClH/c13-9-2-1-3-10(11(9)16)15-12(17)8-4-6-14-7-5-8;/h1-3,8,14,16H,4-7H2,(H,15,17);1H. The first kappa shape index (κ1) is 15.1.